The molecule has 0 bridgehead atoms. The number of ether oxygens (including phenoxy) is 4. The summed E-state index contributed by atoms with van der Waals surface area (Å²) in [6.45, 7) is 6.15. The number of nitrogens with one attached hydrogen (secondary N) is 3. The third-order valence-corrected chi connectivity index (χ3v) is 8.02. The average molecular weight is 793 g/mol. The lowest BCUT2D eigenvalue weighted by Gasteiger charge is -2.28. The second kappa shape index (κ2) is 16.0. The van der Waals surface area contributed by atoms with Crippen molar-refractivity contribution in [2.24, 2.45) is 5.10 Å². The number of hydrazone groups is 1. The van der Waals surface area contributed by atoms with Gasteiger partial charge in [0.15, 0.2) is 17.7 Å². The van der Waals surface area contributed by atoms with Gasteiger partial charge in [0, 0.05) is 5.70 Å². The first kappa shape index (κ1) is 34.1. The smallest absolute Gasteiger partial charge is 0.337 e. The summed E-state index contributed by atoms with van der Waals surface area (Å²) in [5.74, 6) is 0.915. The zero-order valence-corrected chi connectivity index (χ0v) is 28.9. The van der Waals surface area contributed by atoms with Gasteiger partial charge in [0.1, 0.15) is 19.0 Å². The Morgan fingerprint density at radius 2 is 1.87 bits per heavy atom. The van der Waals surface area contributed by atoms with E-state index in [2.05, 4.69) is 71.8 Å². The van der Waals surface area contributed by atoms with Crippen molar-refractivity contribution < 1.29 is 33.6 Å². The van der Waals surface area contributed by atoms with Crippen molar-refractivity contribution in [3.05, 3.63) is 96.2 Å². The fraction of sp³-hybridized carbons (Fsp3) is 0.281. The van der Waals surface area contributed by atoms with Crippen molar-refractivity contribution in [2.45, 2.75) is 39.6 Å². The number of hydrogen-bond acceptors (Lipinski definition) is 9. The number of carbonyl (C=O) groups is 2. The van der Waals surface area contributed by atoms with Crippen molar-refractivity contribution in [1.82, 2.24) is 16.1 Å². The minimum absolute atomic E-state index is 0.139. The highest BCUT2D eigenvalue weighted by Crippen LogP contribution is 2.35. The van der Waals surface area contributed by atoms with Gasteiger partial charge in [-0.15, -0.1) is 0 Å². The van der Waals surface area contributed by atoms with Crippen molar-refractivity contribution in [1.29, 1.82) is 0 Å². The highest BCUT2D eigenvalue weighted by Gasteiger charge is 2.32. The second-order valence-electron chi connectivity index (χ2n) is 10.0. The number of rotatable bonds is 13. The third kappa shape index (κ3) is 9.11. The van der Waals surface area contributed by atoms with E-state index in [0.29, 0.717) is 36.0 Å². The van der Waals surface area contributed by atoms with Gasteiger partial charge >= 0.3 is 12.0 Å². The predicted molar refractivity (Wildman–Crippen MR) is 181 cm³/mol. The highest BCUT2D eigenvalue weighted by molar-refractivity contribution is 14.1. The summed E-state index contributed by atoms with van der Waals surface area (Å²) in [7, 11) is 1.28. The Kier molecular flexibility index (Phi) is 12.1. The van der Waals surface area contributed by atoms with Crippen LogP contribution in [0.3, 0.4) is 0 Å². The van der Waals surface area contributed by atoms with E-state index in [1.54, 1.807) is 31.3 Å². The minimum Gasteiger partial charge on any atom is -0.490 e. The van der Waals surface area contributed by atoms with Crippen LogP contribution in [0.15, 0.2) is 75.4 Å². The normalized spacial score (nSPS) is 15.3. The van der Waals surface area contributed by atoms with Gasteiger partial charge in [-0.25, -0.2) is 9.59 Å². The van der Waals surface area contributed by atoms with Crippen LogP contribution in [0.1, 0.15) is 42.1 Å². The molecular weight excluding hydrogens is 759 g/mol. The summed E-state index contributed by atoms with van der Waals surface area (Å²) < 4.78 is 24.2. The maximum Gasteiger partial charge on any atom is 0.337 e. The Balaban J connectivity index is 1.37. The number of allylic oxidation sites excluding steroid dienone is 1. The largest absolute Gasteiger partial charge is 0.490 e. The van der Waals surface area contributed by atoms with Gasteiger partial charge in [-0.3, -0.25) is 5.43 Å². The molecule has 45 heavy (non-hydrogen) atoms. The lowest BCUT2D eigenvalue weighted by molar-refractivity contribution is -0.136. The number of methoxy groups -OCH3 is 1. The number of aryl methyl sites for hydroxylation is 1. The van der Waals surface area contributed by atoms with Crippen molar-refractivity contribution in [3.8, 4) is 17.2 Å². The van der Waals surface area contributed by atoms with Crippen molar-refractivity contribution >= 4 is 56.7 Å². The van der Waals surface area contributed by atoms with E-state index < -0.39 is 24.3 Å². The molecule has 0 unspecified atom stereocenters. The molecule has 3 aromatic rings. The molecule has 0 fully saturated rings. The monoisotopic (exact) mass is 792 g/mol. The van der Waals surface area contributed by atoms with Gasteiger partial charge in [-0.2, -0.15) is 5.10 Å². The van der Waals surface area contributed by atoms with Crippen LogP contribution >= 0.6 is 38.5 Å². The first-order valence-corrected chi connectivity index (χ1v) is 15.9. The first-order chi connectivity index (χ1) is 21.6. The topological polar surface area (TPSA) is 140 Å². The molecule has 4 N–H and O–H groups in total. The molecule has 0 saturated carbocycles. The standard InChI is InChI=1S/C32H34BrIN4O7/c1-5-43-26-14-22(29-28(31(40)42-4)19(3)36-32(41)37-29)10-11-25(26)44-17-27(39)38-35-15-21-12-23(33)30(24(34)13-21)45-16-20-8-6-18(2)7-9-20/h6-15,27,29,38-39H,5,16-17H2,1-4H3,(H2,36,37,41)/b35-15-/t27-,29+/m1/s1. The Hall–Kier alpha value is -3.82. The number of nitrogens with zero attached hydrogens (tertiary/aromatic N) is 1. The van der Waals surface area contributed by atoms with Gasteiger partial charge in [0.25, 0.3) is 0 Å². The van der Waals surface area contributed by atoms with Crippen molar-refractivity contribution in [3.63, 3.8) is 0 Å². The molecule has 3 aromatic carbocycles. The van der Waals surface area contributed by atoms with E-state index >= 15 is 0 Å². The lowest BCUT2D eigenvalue weighted by atomic mass is 9.95. The Morgan fingerprint density at radius 1 is 1.11 bits per heavy atom. The van der Waals surface area contributed by atoms with E-state index in [1.807, 2.05) is 38.1 Å². The Morgan fingerprint density at radius 3 is 2.56 bits per heavy atom. The van der Waals surface area contributed by atoms with Crippen molar-refractivity contribution in [2.75, 3.05) is 20.3 Å². The number of aliphatic hydroxyl groups excluding tert-OH is 1. The van der Waals surface area contributed by atoms with E-state index in [-0.39, 0.29) is 12.2 Å². The molecule has 1 aliphatic rings. The number of aliphatic hydroxyl groups is 1. The predicted octanol–water partition coefficient (Wildman–Crippen LogP) is 5.46. The Bertz CT molecular complexity index is 1570. The zero-order valence-electron chi connectivity index (χ0n) is 25.1. The zero-order chi connectivity index (χ0) is 32.5. The number of carbonyl (C=O) groups excluding carboxylic acids is 2. The number of halogens is 2. The highest BCUT2D eigenvalue weighted by atomic mass is 127. The van der Waals surface area contributed by atoms with Crippen LogP contribution in [0, 0.1) is 10.5 Å². The molecule has 0 spiro atoms. The molecule has 2 amide bonds. The van der Waals surface area contributed by atoms with Crippen LogP contribution in [0.5, 0.6) is 17.2 Å². The number of hydrogen-bond donors (Lipinski definition) is 4. The SMILES string of the molecule is CCOc1cc([C@@H]2NC(=O)NC(C)=C2C(=O)OC)ccc1OC[C@@H](O)N/N=C\c1cc(Br)c(OCc2ccc(C)cc2)c(I)c1. The first-order valence-electron chi connectivity index (χ1n) is 14.0. The maximum absolute atomic E-state index is 12.4. The van der Waals surface area contributed by atoms with Crippen LogP contribution < -0.4 is 30.3 Å². The summed E-state index contributed by atoms with van der Waals surface area (Å²) in [6.07, 6.45) is 0.456. The molecule has 2 atom stereocenters. The maximum atomic E-state index is 12.4. The molecule has 13 heteroatoms. The third-order valence-electron chi connectivity index (χ3n) is 6.63. The molecule has 0 saturated heterocycles. The summed E-state index contributed by atoms with van der Waals surface area (Å²) >= 11 is 5.79. The number of benzene rings is 3. The number of esters is 1. The van der Waals surface area contributed by atoms with E-state index in [4.69, 9.17) is 18.9 Å². The van der Waals surface area contributed by atoms with Gasteiger partial charge < -0.3 is 34.7 Å². The quantitative estimate of drug-likeness (QED) is 0.0589. The van der Waals surface area contributed by atoms with Crippen LogP contribution in [0.25, 0.3) is 0 Å². The molecule has 4 rings (SSSR count). The molecule has 1 aliphatic heterocycles. The van der Waals surface area contributed by atoms with E-state index in [9.17, 15) is 14.7 Å². The summed E-state index contributed by atoms with van der Waals surface area (Å²) in [5, 5.41) is 20.0. The summed E-state index contributed by atoms with van der Waals surface area (Å²) in [5.41, 5.74) is 6.99. The number of amides is 2. The second-order valence-corrected chi connectivity index (χ2v) is 12.0. The van der Waals surface area contributed by atoms with Crippen LogP contribution in [0.2, 0.25) is 0 Å². The fourth-order valence-corrected chi connectivity index (χ4v) is 6.22. The van der Waals surface area contributed by atoms with Gasteiger partial charge in [-0.1, -0.05) is 35.9 Å². The molecule has 238 valence electrons. The van der Waals surface area contributed by atoms with Crippen LogP contribution in [-0.2, 0) is 16.1 Å². The average Bonchev–Trinajstić information content (AvgIpc) is 3.00. The molecule has 0 aliphatic carbocycles. The molecule has 11 nitrogen and oxygen atoms in total. The van der Waals surface area contributed by atoms with E-state index in [0.717, 1.165) is 24.9 Å². The van der Waals surface area contributed by atoms with Crippen LogP contribution in [0.4, 0.5) is 4.79 Å². The van der Waals surface area contributed by atoms with Gasteiger partial charge in [0.2, 0.25) is 0 Å². The molecule has 1 heterocycles. The molecule has 0 radical (unpaired) electrons. The Labute approximate surface area is 283 Å². The van der Waals surface area contributed by atoms with Gasteiger partial charge in [0.05, 0.1) is 39.6 Å². The lowest BCUT2D eigenvalue weighted by Crippen LogP contribution is -2.45. The summed E-state index contributed by atoms with van der Waals surface area (Å²) in [4.78, 5) is 24.6. The number of urea groups is 1. The fourth-order valence-electron chi connectivity index (χ4n) is 4.45. The molecule has 0 aromatic heterocycles. The van der Waals surface area contributed by atoms with Crippen LogP contribution in [-0.4, -0.2) is 49.9 Å². The minimum atomic E-state index is -1.13. The van der Waals surface area contributed by atoms with Gasteiger partial charge in [-0.05, 0) is 100 Å². The summed E-state index contributed by atoms with van der Waals surface area (Å²) in [6, 6.07) is 15.8. The molecular formula is C32H34BrIN4O7. The van der Waals surface area contributed by atoms with E-state index in [1.165, 1.54) is 12.7 Å².